The smallest absolute Gasteiger partial charge is 0.348 e. The summed E-state index contributed by atoms with van der Waals surface area (Å²) in [6.07, 6.45) is 0. The van der Waals surface area contributed by atoms with Gasteiger partial charge in [0, 0.05) is 4.70 Å². The number of thiophene rings is 1. The molecule has 1 fully saturated rings. The number of fused-ring (bicyclic) bond motifs is 1. The van der Waals surface area contributed by atoms with Crippen LogP contribution in [0, 0.1) is 0 Å². The lowest BCUT2D eigenvalue weighted by Crippen LogP contribution is -2.30. The Bertz CT molecular complexity index is 784. The van der Waals surface area contributed by atoms with Crippen molar-refractivity contribution in [3.63, 3.8) is 0 Å². The van der Waals surface area contributed by atoms with Crippen LogP contribution in [-0.4, -0.2) is 29.6 Å². The summed E-state index contributed by atoms with van der Waals surface area (Å²) in [5.74, 6) is -0.404. The summed E-state index contributed by atoms with van der Waals surface area (Å²) in [7, 11) is 0. The third-order valence-electron chi connectivity index (χ3n) is 3.37. The van der Waals surface area contributed by atoms with E-state index in [4.69, 9.17) is 17.0 Å². The summed E-state index contributed by atoms with van der Waals surface area (Å²) in [6, 6.07) is 7.04. The predicted molar refractivity (Wildman–Crippen MR) is 90.5 cm³/mol. The van der Waals surface area contributed by atoms with Crippen molar-refractivity contribution in [3.05, 3.63) is 29.1 Å². The van der Waals surface area contributed by atoms with Crippen LogP contribution in [-0.2, 0) is 9.53 Å². The molecule has 0 saturated carbocycles. The molecular formula is C15H14N2O3S2. The van der Waals surface area contributed by atoms with Crippen molar-refractivity contribution in [3.8, 4) is 0 Å². The average Bonchev–Trinajstić information content (AvgIpc) is 3.00. The van der Waals surface area contributed by atoms with Gasteiger partial charge in [-0.05, 0) is 55.7 Å². The molecule has 0 aliphatic carbocycles. The maximum absolute atomic E-state index is 12.2. The first-order chi connectivity index (χ1) is 10.5. The Morgan fingerprint density at radius 3 is 2.86 bits per heavy atom. The largest absolute Gasteiger partial charge is 0.462 e. The third kappa shape index (κ3) is 2.46. The number of ether oxygens (including phenoxy) is 1. The van der Waals surface area contributed by atoms with Crippen molar-refractivity contribution in [1.82, 2.24) is 5.32 Å². The number of nitrogens with zero attached hydrogens (tertiary/aromatic N) is 1. The number of carbonyl (C=O) groups excluding carboxylic acids is 2. The zero-order chi connectivity index (χ0) is 15.9. The van der Waals surface area contributed by atoms with E-state index in [9.17, 15) is 9.59 Å². The molecule has 114 valence electrons. The van der Waals surface area contributed by atoms with Gasteiger partial charge in [-0.15, -0.1) is 11.3 Å². The Morgan fingerprint density at radius 1 is 1.45 bits per heavy atom. The Balaban J connectivity index is 1.98. The van der Waals surface area contributed by atoms with E-state index in [0.29, 0.717) is 22.3 Å². The highest BCUT2D eigenvalue weighted by Crippen LogP contribution is 2.31. The second kappa shape index (κ2) is 5.66. The van der Waals surface area contributed by atoms with E-state index < -0.39 is 0 Å². The number of hydrogen-bond donors (Lipinski definition) is 1. The third-order valence-corrected chi connectivity index (χ3v) is 4.77. The van der Waals surface area contributed by atoms with Crippen molar-refractivity contribution in [2.75, 3.05) is 11.5 Å². The first-order valence-electron chi connectivity index (χ1n) is 6.86. The van der Waals surface area contributed by atoms with Gasteiger partial charge in [-0.25, -0.2) is 4.79 Å². The van der Waals surface area contributed by atoms with Crippen LogP contribution in [0.5, 0.6) is 0 Å². The molecule has 1 amide bonds. The number of hydrogen-bond acceptors (Lipinski definition) is 5. The minimum atomic E-state index is -0.326. The lowest BCUT2D eigenvalue weighted by atomic mass is 10.2. The van der Waals surface area contributed by atoms with Gasteiger partial charge >= 0.3 is 5.97 Å². The summed E-state index contributed by atoms with van der Waals surface area (Å²) < 4.78 is 5.98. The van der Waals surface area contributed by atoms with Crippen LogP contribution in [0.3, 0.4) is 0 Å². The minimum absolute atomic E-state index is 0.0785. The Hall–Kier alpha value is -1.99. The van der Waals surface area contributed by atoms with Gasteiger partial charge in [-0.2, -0.15) is 0 Å². The highest BCUT2D eigenvalue weighted by molar-refractivity contribution is 7.80. The molecule has 2 heterocycles. The van der Waals surface area contributed by atoms with E-state index in [1.54, 1.807) is 19.9 Å². The molecule has 0 bridgehead atoms. The highest BCUT2D eigenvalue weighted by Gasteiger charge is 2.33. The van der Waals surface area contributed by atoms with Crippen LogP contribution >= 0.6 is 23.6 Å². The molecule has 1 atom stereocenters. The number of nitrogens with one attached hydrogen (secondary N) is 1. The number of amides is 1. The van der Waals surface area contributed by atoms with E-state index in [1.165, 1.54) is 16.2 Å². The lowest BCUT2D eigenvalue weighted by molar-refractivity contribution is -0.117. The molecule has 0 unspecified atom stereocenters. The van der Waals surface area contributed by atoms with Gasteiger partial charge in [0.05, 0.1) is 12.3 Å². The van der Waals surface area contributed by atoms with E-state index in [-0.39, 0.29) is 17.9 Å². The monoisotopic (exact) mass is 334 g/mol. The Labute approximate surface area is 136 Å². The fraction of sp³-hybridized carbons (Fsp3) is 0.267. The van der Waals surface area contributed by atoms with Crippen LogP contribution in [0.1, 0.15) is 23.5 Å². The van der Waals surface area contributed by atoms with Gasteiger partial charge in [-0.3, -0.25) is 9.69 Å². The summed E-state index contributed by atoms with van der Waals surface area (Å²) in [4.78, 5) is 26.0. The average molecular weight is 334 g/mol. The summed E-state index contributed by atoms with van der Waals surface area (Å²) in [6.45, 7) is 3.90. The number of esters is 1. The second-order valence-electron chi connectivity index (χ2n) is 4.90. The van der Waals surface area contributed by atoms with E-state index in [0.717, 1.165) is 10.1 Å². The summed E-state index contributed by atoms with van der Waals surface area (Å²) in [5, 5.41) is 4.23. The Kier molecular flexibility index (Phi) is 3.84. The fourth-order valence-corrected chi connectivity index (χ4v) is 3.63. The maximum Gasteiger partial charge on any atom is 0.348 e. The highest BCUT2D eigenvalue weighted by atomic mass is 32.1. The van der Waals surface area contributed by atoms with Crippen molar-refractivity contribution < 1.29 is 14.3 Å². The normalized spacial score (nSPS) is 17.9. The standard InChI is InChI=1S/C15H14N2O3S2/c1-3-20-14(19)12-7-9-6-10(4-5-11(9)22-12)17-13(18)8(2)16-15(17)21/h4-8H,3H2,1-2H3,(H,16,21)/t8-/m0/s1. The number of benzene rings is 1. The van der Waals surface area contributed by atoms with E-state index in [2.05, 4.69) is 5.32 Å². The molecule has 22 heavy (non-hydrogen) atoms. The first-order valence-corrected chi connectivity index (χ1v) is 8.09. The molecule has 2 aromatic rings. The molecule has 0 spiro atoms. The van der Waals surface area contributed by atoms with Gasteiger partial charge < -0.3 is 10.1 Å². The molecule has 1 aliphatic heterocycles. The van der Waals surface area contributed by atoms with Crippen LogP contribution in [0.2, 0.25) is 0 Å². The van der Waals surface area contributed by atoms with Crippen LogP contribution in [0.15, 0.2) is 24.3 Å². The molecule has 0 radical (unpaired) electrons. The lowest BCUT2D eigenvalue weighted by Gasteiger charge is -2.14. The second-order valence-corrected chi connectivity index (χ2v) is 6.37. The SMILES string of the molecule is CCOC(=O)c1cc2cc(N3C(=O)[C@H](C)NC3=S)ccc2s1. The predicted octanol–water partition coefficient (Wildman–Crippen LogP) is 2.69. The van der Waals surface area contributed by atoms with Gasteiger partial charge in [-0.1, -0.05) is 0 Å². The number of rotatable bonds is 3. The van der Waals surface area contributed by atoms with Gasteiger partial charge in [0.15, 0.2) is 5.11 Å². The van der Waals surface area contributed by atoms with Crippen LogP contribution in [0.25, 0.3) is 10.1 Å². The summed E-state index contributed by atoms with van der Waals surface area (Å²) >= 11 is 6.58. The molecule has 1 saturated heterocycles. The minimum Gasteiger partial charge on any atom is -0.462 e. The van der Waals surface area contributed by atoms with Crippen molar-refractivity contribution >= 4 is 56.3 Å². The number of carbonyl (C=O) groups is 2. The summed E-state index contributed by atoms with van der Waals surface area (Å²) in [5.41, 5.74) is 0.701. The van der Waals surface area contributed by atoms with Crippen LogP contribution < -0.4 is 10.2 Å². The fourth-order valence-electron chi connectivity index (χ4n) is 2.32. The van der Waals surface area contributed by atoms with Gasteiger partial charge in [0.25, 0.3) is 5.91 Å². The molecule has 7 heteroatoms. The number of anilines is 1. The molecule has 1 aliphatic rings. The molecule has 1 N–H and O–H groups in total. The van der Waals surface area contributed by atoms with E-state index >= 15 is 0 Å². The molecule has 5 nitrogen and oxygen atoms in total. The van der Waals surface area contributed by atoms with Crippen molar-refractivity contribution in [2.45, 2.75) is 19.9 Å². The maximum atomic E-state index is 12.2. The van der Waals surface area contributed by atoms with Gasteiger partial charge in [0.1, 0.15) is 10.9 Å². The van der Waals surface area contributed by atoms with Crippen molar-refractivity contribution in [2.24, 2.45) is 0 Å². The quantitative estimate of drug-likeness (QED) is 0.691. The first kappa shape index (κ1) is 14.9. The Morgan fingerprint density at radius 2 is 2.23 bits per heavy atom. The zero-order valence-electron chi connectivity index (χ0n) is 12.1. The molecular weight excluding hydrogens is 320 g/mol. The molecule has 1 aromatic carbocycles. The van der Waals surface area contributed by atoms with Crippen molar-refractivity contribution in [1.29, 1.82) is 0 Å². The van der Waals surface area contributed by atoms with Gasteiger partial charge in [0.2, 0.25) is 0 Å². The number of thiocarbonyl (C=S) groups is 1. The molecule has 3 rings (SSSR count). The topological polar surface area (TPSA) is 58.6 Å². The zero-order valence-corrected chi connectivity index (χ0v) is 13.7. The molecule has 1 aromatic heterocycles. The van der Waals surface area contributed by atoms with Crippen LogP contribution in [0.4, 0.5) is 5.69 Å². The van der Waals surface area contributed by atoms with E-state index in [1.807, 2.05) is 18.2 Å².